The number of esters is 1. The SMILES string of the molecule is CCOC(=O)CCCCc1ccc(C#Cc2cc3c(cc2CC)OCCC3(CC)CC)nn1. The Morgan fingerprint density at radius 1 is 1.09 bits per heavy atom. The number of aromatic nitrogens is 2. The normalized spacial score (nSPS) is 13.9. The van der Waals surface area contributed by atoms with Crippen molar-refractivity contribution in [2.45, 2.75) is 84.5 Å². The van der Waals surface area contributed by atoms with Crippen molar-refractivity contribution >= 4 is 5.97 Å². The summed E-state index contributed by atoms with van der Waals surface area (Å²) < 4.78 is 11.0. The molecule has 0 saturated heterocycles. The van der Waals surface area contributed by atoms with E-state index in [-0.39, 0.29) is 11.4 Å². The number of nitrogens with zero attached hydrogens (tertiary/aromatic N) is 2. The van der Waals surface area contributed by atoms with Crippen LogP contribution in [0.4, 0.5) is 0 Å². The molecule has 1 aliphatic heterocycles. The number of unbranched alkanes of at least 4 members (excludes halogenated alkanes) is 1. The minimum Gasteiger partial charge on any atom is -0.493 e. The van der Waals surface area contributed by atoms with Crippen LogP contribution in [-0.2, 0) is 27.8 Å². The number of aryl methyl sites for hydroxylation is 2. The number of benzene rings is 1. The van der Waals surface area contributed by atoms with E-state index in [9.17, 15) is 4.79 Å². The Labute approximate surface area is 198 Å². The van der Waals surface area contributed by atoms with Gasteiger partial charge >= 0.3 is 5.97 Å². The molecular formula is C28H36N2O3. The van der Waals surface area contributed by atoms with Crippen LogP contribution < -0.4 is 4.74 Å². The Hall–Kier alpha value is -2.87. The smallest absolute Gasteiger partial charge is 0.305 e. The van der Waals surface area contributed by atoms with Gasteiger partial charge in [0.1, 0.15) is 11.4 Å². The van der Waals surface area contributed by atoms with Gasteiger partial charge in [0.15, 0.2) is 0 Å². The molecule has 3 rings (SSSR count). The van der Waals surface area contributed by atoms with Crippen LogP contribution in [0.1, 0.15) is 94.3 Å². The number of rotatable bonds is 9. The molecule has 176 valence electrons. The molecule has 0 radical (unpaired) electrons. The lowest BCUT2D eigenvalue weighted by molar-refractivity contribution is -0.143. The van der Waals surface area contributed by atoms with Gasteiger partial charge in [-0.25, -0.2) is 0 Å². The third-order valence-electron chi connectivity index (χ3n) is 6.76. The van der Waals surface area contributed by atoms with Gasteiger partial charge in [0, 0.05) is 23.0 Å². The Balaban J connectivity index is 1.71. The van der Waals surface area contributed by atoms with E-state index in [2.05, 4.69) is 54.9 Å². The van der Waals surface area contributed by atoms with Crippen molar-refractivity contribution < 1.29 is 14.3 Å². The molecule has 0 spiro atoms. The highest BCUT2D eigenvalue weighted by atomic mass is 16.5. The monoisotopic (exact) mass is 448 g/mol. The summed E-state index contributed by atoms with van der Waals surface area (Å²) in [6, 6.07) is 8.33. The van der Waals surface area contributed by atoms with Gasteiger partial charge in [-0.15, -0.1) is 5.10 Å². The average molecular weight is 449 g/mol. The van der Waals surface area contributed by atoms with Crippen LogP contribution in [0.25, 0.3) is 0 Å². The summed E-state index contributed by atoms with van der Waals surface area (Å²) in [7, 11) is 0. The predicted molar refractivity (Wildman–Crippen MR) is 130 cm³/mol. The second kappa shape index (κ2) is 11.8. The summed E-state index contributed by atoms with van der Waals surface area (Å²) in [5, 5.41) is 8.62. The highest BCUT2D eigenvalue weighted by Gasteiger charge is 2.35. The van der Waals surface area contributed by atoms with E-state index in [1.54, 1.807) is 0 Å². The Morgan fingerprint density at radius 3 is 2.58 bits per heavy atom. The third-order valence-corrected chi connectivity index (χ3v) is 6.76. The first-order valence-electron chi connectivity index (χ1n) is 12.4. The standard InChI is InChI=1S/C28H36N2O3/c1-5-21-20-26-25(28(6-2,7-3)17-18-33-26)19-22(21)13-14-24-16-15-23(29-30-24)11-9-10-12-27(31)32-8-4/h15-16,19-20H,5-12,17-18H2,1-4H3. The molecule has 5 heteroatoms. The lowest BCUT2D eigenvalue weighted by Gasteiger charge is -2.38. The first-order valence-corrected chi connectivity index (χ1v) is 12.4. The van der Waals surface area contributed by atoms with Gasteiger partial charge in [0.05, 0.1) is 18.9 Å². The summed E-state index contributed by atoms with van der Waals surface area (Å²) in [5.74, 6) is 7.45. The maximum absolute atomic E-state index is 11.4. The van der Waals surface area contributed by atoms with Gasteiger partial charge in [0.2, 0.25) is 0 Å². The summed E-state index contributed by atoms with van der Waals surface area (Å²) in [6.07, 6.45) is 7.08. The molecule has 1 aromatic carbocycles. The molecular weight excluding hydrogens is 412 g/mol. The van der Waals surface area contributed by atoms with E-state index in [1.807, 2.05) is 19.1 Å². The van der Waals surface area contributed by atoms with Crippen molar-refractivity contribution in [1.29, 1.82) is 0 Å². The summed E-state index contributed by atoms with van der Waals surface area (Å²) >= 11 is 0. The topological polar surface area (TPSA) is 61.3 Å². The minimum absolute atomic E-state index is 0.135. The molecule has 0 bridgehead atoms. The van der Waals surface area contributed by atoms with Gasteiger partial charge in [-0.3, -0.25) is 4.79 Å². The number of hydrogen-bond donors (Lipinski definition) is 0. The van der Waals surface area contributed by atoms with Crippen molar-refractivity contribution in [3.05, 3.63) is 52.3 Å². The quantitative estimate of drug-likeness (QED) is 0.286. The molecule has 0 fully saturated rings. The molecule has 5 nitrogen and oxygen atoms in total. The van der Waals surface area contributed by atoms with Gasteiger partial charge in [-0.05, 0) is 87.6 Å². The second-order valence-corrected chi connectivity index (χ2v) is 8.62. The predicted octanol–water partition coefficient (Wildman–Crippen LogP) is 5.56. The fourth-order valence-corrected chi connectivity index (χ4v) is 4.54. The van der Waals surface area contributed by atoms with Crippen LogP contribution in [0.15, 0.2) is 24.3 Å². The Bertz CT molecular complexity index is 998. The van der Waals surface area contributed by atoms with Gasteiger partial charge in [-0.2, -0.15) is 5.10 Å². The van der Waals surface area contributed by atoms with Crippen LogP contribution in [-0.4, -0.2) is 29.4 Å². The molecule has 0 atom stereocenters. The van der Waals surface area contributed by atoms with Crippen LogP contribution in [0, 0.1) is 11.8 Å². The fraction of sp³-hybridized carbons (Fsp3) is 0.536. The van der Waals surface area contributed by atoms with Crippen molar-refractivity contribution in [2.75, 3.05) is 13.2 Å². The highest BCUT2D eigenvalue weighted by molar-refractivity contribution is 5.69. The number of fused-ring (bicyclic) bond motifs is 1. The third kappa shape index (κ3) is 6.13. The van der Waals surface area contributed by atoms with Crippen LogP contribution in [0.5, 0.6) is 5.75 Å². The zero-order valence-corrected chi connectivity index (χ0v) is 20.5. The van der Waals surface area contributed by atoms with Crippen molar-refractivity contribution in [3.8, 4) is 17.6 Å². The van der Waals surface area contributed by atoms with Crippen molar-refractivity contribution in [3.63, 3.8) is 0 Å². The minimum atomic E-state index is -0.135. The molecule has 0 N–H and O–H groups in total. The van der Waals surface area contributed by atoms with Crippen LogP contribution in [0.3, 0.4) is 0 Å². The first-order chi connectivity index (χ1) is 16.0. The van der Waals surface area contributed by atoms with E-state index < -0.39 is 0 Å². The Kier molecular flexibility index (Phi) is 8.88. The average Bonchev–Trinajstić information content (AvgIpc) is 2.85. The molecule has 2 aromatic rings. The highest BCUT2D eigenvalue weighted by Crippen LogP contribution is 2.44. The Morgan fingerprint density at radius 2 is 1.91 bits per heavy atom. The zero-order valence-electron chi connectivity index (χ0n) is 20.5. The number of carbonyl (C=O) groups is 1. The maximum Gasteiger partial charge on any atom is 0.305 e. The molecule has 1 aliphatic rings. The van der Waals surface area contributed by atoms with E-state index in [4.69, 9.17) is 9.47 Å². The van der Waals surface area contributed by atoms with Crippen LogP contribution in [0.2, 0.25) is 0 Å². The lowest BCUT2D eigenvalue weighted by atomic mass is 9.71. The molecule has 33 heavy (non-hydrogen) atoms. The second-order valence-electron chi connectivity index (χ2n) is 8.62. The van der Waals surface area contributed by atoms with Crippen molar-refractivity contribution in [1.82, 2.24) is 10.2 Å². The summed E-state index contributed by atoms with van der Waals surface area (Å²) in [4.78, 5) is 11.4. The zero-order chi connectivity index (χ0) is 23.7. The lowest BCUT2D eigenvalue weighted by Crippen LogP contribution is -2.32. The van der Waals surface area contributed by atoms with Gasteiger partial charge in [-0.1, -0.05) is 26.7 Å². The van der Waals surface area contributed by atoms with Gasteiger partial charge in [0.25, 0.3) is 0 Å². The maximum atomic E-state index is 11.4. The molecule has 0 amide bonds. The van der Waals surface area contributed by atoms with Crippen LogP contribution >= 0.6 is 0 Å². The molecule has 1 aromatic heterocycles. The number of ether oxygens (including phenoxy) is 2. The van der Waals surface area contributed by atoms with Crippen molar-refractivity contribution in [2.24, 2.45) is 0 Å². The number of carbonyl (C=O) groups excluding carboxylic acids is 1. The van der Waals surface area contributed by atoms with Gasteiger partial charge < -0.3 is 9.47 Å². The fourth-order valence-electron chi connectivity index (χ4n) is 4.54. The van der Waals surface area contributed by atoms with E-state index in [0.29, 0.717) is 18.7 Å². The molecule has 0 saturated carbocycles. The van der Waals surface area contributed by atoms with E-state index >= 15 is 0 Å². The first kappa shape index (κ1) is 24.8. The largest absolute Gasteiger partial charge is 0.493 e. The van der Waals surface area contributed by atoms with E-state index in [1.165, 1.54) is 11.1 Å². The van der Waals surface area contributed by atoms with E-state index in [0.717, 1.165) is 68.6 Å². The summed E-state index contributed by atoms with van der Waals surface area (Å²) in [6.45, 7) is 9.73. The molecule has 2 heterocycles. The molecule has 0 aliphatic carbocycles. The molecule has 0 unspecified atom stereocenters. The number of hydrogen-bond acceptors (Lipinski definition) is 5. The summed E-state index contributed by atoms with van der Waals surface area (Å²) in [5.41, 5.74) is 5.31.